The Labute approximate surface area is 145 Å². The molecule has 122 valence electrons. The Balaban J connectivity index is 1.72. The van der Waals surface area contributed by atoms with Crippen molar-refractivity contribution in [1.29, 1.82) is 0 Å². The summed E-state index contributed by atoms with van der Waals surface area (Å²) >= 11 is 1.58. The lowest BCUT2D eigenvalue weighted by atomic mass is 10.1. The van der Waals surface area contributed by atoms with Crippen molar-refractivity contribution in [2.45, 2.75) is 13.5 Å². The lowest BCUT2D eigenvalue weighted by Crippen LogP contribution is -2.16. The summed E-state index contributed by atoms with van der Waals surface area (Å²) in [5.41, 5.74) is 3.73. The summed E-state index contributed by atoms with van der Waals surface area (Å²) in [6.07, 6.45) is 0. The number of hydrogen-bond acceptors (Lipinski definition) is 5. The highest BCUT2D eigenvalue weighted by molar-refractivity contribution is 7.14. The van der Waals surface area contributed by atoms with Crippen molar-refractivity contribution in [2.75, 3.05) is 11.9 Å². The van der Waals surface area contributed by atoms with Crippen LogP contribution in [0.5, 0.6) is 5.75 Å². The second kappa shape index (κ2) is 6.84. The van der Waals surface area contributed by atoms with E-state index in [1.165, 1.54) is 0 Å². The topological polar surface area (TPSA) is 53.4 Å². The van der Waals surface area contributed by atoms with Gasteiger partial charge >= 0.3 is 0 Å². The number of phenols is 1. The largest absolute Gasteiger partial charge is 0.508 e. The van der Waals surface area contributed by atoms with E-state index in [-0.39, 0.29) is 11.5 Å². The van der Waals surface area contributed by atoms with E-state index in [9.17, 15) is 9.90 Å². The molecule has 1 N–H and O–H groups in total. The lowest BCUT2D eigenvalue weighted by Gasteiger charge is -2.15. The first kappa shape index (κ1) is 16.2. The molecule has 0 saturated heterocycles. The highest BCUT2D eigenvalue weighted by atomic mass is 32.1. The van der Waals surface area contributed by atoms with Gasteiger partial charge in [0.1, 0.15) is 5.75 Å². The predicted molar refractivity (Wildman–Crippen MR) is 97.8 cm³/mol. The lowest BCUT2D eigenvalue weighted by molar-refractivity contribution is 0.101. The highest BCUT2D eigenvalue weighted by Crippen LogP contribution is 2.28. The van der Waals surface area contributed by atoms with Crippen molar-refractivity contribution in [3.05, 3.63) is 65.0 Å². The zero-order chi connectivity index (χ0) is 17.1. The van der Waals surface area contributed by atoms with Gasteiger partial charge in [-0.15, -0.1) is 11.3 Å². The molecular formula is C19H18N2O2S. The first-order valence-electron chi connectivity index (χ1n) is 7.59. The molecule has 0 radical (unpaired) electrons. The number of Topliss-reactive ketones (excluding diaryl/α,β-unsaturated/α-hetero) is 1. The van der Waals surface area contributed by atoms with E-state index in [1.54, 1.807) is 30.4 Å². The monoisotopic (exact) mass is 338 g/mol. The SMILES string of the molecule is CC(=O)c1ccc(CN(C)c2nc(-c3ccc(O)cc3)cs2)cc1. The molecule has 0 fully saturated rings. The van der Waals surface area contributed by atoms with Crippen LogP contribution in [0.25, 0.3) is 11.3 Å². The molecular weight excluding hydrogens is 320 g/mol. The molecule has 0 unspecified atom stereocenters. The van der Waals surface area contributed by atoms with Gasteiger partial charge in [-0.25, -0.2) is 4.98 Å². The molecule has 0 atom stereocenters. The van der Waals surface area contributed by atoms with Gasteiger partial charge in [-0.05, 0) is 36.8 Å². The number of hydrogen-bond donors (Lipinski definition) is 1. The van der Waals surface area contributed by atoms with Crippen molar-refractivity contribution < 1.29 is 9.90 Å². The fourth-order valence-electron chi connectivity index (χ4n) is 2.39. The molecule has 24 heavy (non-hydrogen) atoms. The van der Waals surface area contributed by atoms with E-state index in [2.05, 4.69) is 9.88 Å². The number of ketones is 1. The normalized spacial score (nSPS) is 10.6. The fraction of sp³-hybridized carbons (Fsp3) is 0.158. The van der Waals surface area contributed by atoms with Crippen molar-refractivity contribution in [2.24, 2.45) is 0 Å². The first-order valence-corrected chi connectivity index (χ1v) is 8.47. The van der Waals surface area contributed by atoms with Crippen LogP contribution in [0.15, 0.2) is 53.9 Å². The number of phenolic OH excluding ortho intramolecular Hbond substituents is 1. The summed E-state index contributed by atoms with van der Waals surface area (Å²) in [7, 11) is 2.00. The van der Waals surface area contributed by atoms with Crippen molar-refractivity contribution in [3.8, 4) is 17.0 Å². The standard InChI is InChI=1S/C19H18N2O2S/c1-13(22)15-5-3-14(4-6-15)11-21(2)19-20-18(12-24-19)16-7-9-17(23)10-8-16/h3-10,12,23H,11H2,1-2H3. The third-order valence-corrected chi connectivity index (χ3v) is 4.72. The van der Waals surface area contributed by atoms with Gasteiger partial charge in [0.2, 0.25) is 0 Å². The molecule has 0 amide bonds. The molecule has 3 aromatic rings. The summed E-state index contributed by atoms with van der Waals surface area (Å²) in [4.78, 5) is 18.1. The van der Waals surface area contributed by atoms with E-state index >= 15 is 0 Å². The van der Waals surface area contributed by atoms with E-state index < -0.39 is 0 Å². The van der Waals surface area contributed by atoms with E-state index in [0.717, 1.165) is 34.1 Å². The van der Waals surface area contributed by atoms with Gasteiger partial charge in [0.15, 0.2) is 10.9 Å². The van der Waals surface area contributed by atoms with Crippen molar-refractivity contribution in [3.63, 3.8) is 0 Å². The fourth-order valence-corrected chi connectivity index (χ4v) is 3.19. The van der Waals surface area contributed by atoms with E-state index in [0.29, 0.717) is 0 Å². The molecule has 0 saturated carbocycles. The molecule has 0 spiro atoms. The van der Waals surface area contributed by atoms with Crippen LogP contribution in [0, 0.1) is 0 Å². The minimum absolute atomic E-state index is 0.0772. The molecule has 0 aliphatic heterocycles. The third-order valence-electron chi connectivity index (χ3n) is 3.76. The van der Waals surface area contributed by atoms with Gasteiger partial charge in [0.05, 0.1) is 5.69 Å². The second-order valence-electron chi connectivity index (χ2n) is 5.67. The zero-order valence-electron chi connectivity index (χ0n) is 13.6. The Bertz CT molecular complexity index is 839. The number of aromatic hydroxyl groups is 1. The van der Waals surface area contributed by atoms with Gasteiger partial charge in [0.25, 0.3) is 0 Å². The number of thiazole rings is 1. The Kier molecular flexibility index (Phi) is 4.62. The average molecular weight is 338 g/mol. The van der Waals surface area contributed by atoms with Crippen LogP contribution in [0.1, 0.15) is 22.8 Å². The third kappa shape index (κ3) is 3.63. The molecule has 0 bridgehead atoms. The van der Waals surface area contributed by atoms with Gasteiger partial charge in [-0.3, -0.25) is 4.79 Å². The summed E-state index contributed by atoms with van der Waals surface area (Å²) in [6.45, 7) is 2.29. The molecule has 4 nitrogen and oxygen atoms in total. The number of carbonyl (C=O) groups excluding carboxylic acids is 1. The minimum atomic E-state index is 0.0772. The summed E-state index contributed by atoms with van der Waals surface area (Å²) in [5.74, 6) is 0.327. The molecule has 2 aromatic carbocycles. The van der Waals surface area contributed by atoms with Gasteiger partial charge in [-0.1, -0.05) is 24.3 Å². The summed E-state index contributed by atoms with van der Waals surface area (Å²) < 4.78 is 0. The number of aromatic nitrogens is 1. The highest BCUT2D eigenvalue weighted by Gasteiger charge is 2.09. The second-order valence-corrected chi connectivity index (χ2v) is 6.51. The van der Waals surface area contributed by atoms with Crippen LogP contribution in [0.3, 0.4) is 0 Å². The molecule has 5 heteroatoms. The Morgan fingerprint density at radius 2 is 1.79 bits per heavy atom. The van der Waals surface area contributed by atoms with Crippen LogP contribution in [0.2, 0.25) is 0 Å². The van der Waals surface area contributed by atoms with Gasteiger partial charge < -0.3 is 10.0 Å². The molecule has 0 aliphatic carbocycles. The zero-order valence-corrected chi connectivity index (χ0v) is 14.4. The number of rotatable bonds is 5. The number of carbonyl (C=O) groups is 1. The van der Waals surface area contributed by atoms with Crippen LogP contribution in [-0.2, 0) is 6.54 Å². The molecule has 3 rings (SSSR count). The Morgan fingerprint density at radius 3 is 2.42 bits per heavy atom. The molecule has 1 aromatic heterocycles. The van der Waals surface area contributed by atoms with Crippen LogP contribution in [-0.4, -0.2) is 22.9 Å². The maximum Gasteiger partial charge on any atom is 0.185 e. The summed E-state index contributed by atoms with van der Waals surface area (Å²) in [5, 5.41) is 12.3. The predicted octanol–water partition coefficient (Wildman–Crippen LogP) is 4.35. The number of benzene rings is 2. The molecule has 1 heterocycles. The maximum atomic E-state index is 11.3. The van der Waals surface area contributed by atoms with Crippen molar-refractivity contribution in [1.82, 2.24) is 4.98 Å². The number of anilines is 1. The minimum Gasteiger partial charge on any atom is -0.508 e. The first-order chi connectivity index (χ1) is 11.5. The van der Waals surface area contributed by atoms with Crippen LogP contribution < -0.4 is 4.90 Å². The molecule has 0 aliphatic rings. The Hall–Kier alpha value is -2.66. The number of nitrogens with zero attached hydrogens (tertiary/aromatic N) is 2. The van der Waals surface area contributed by atoms with Gasteiger partial charge in [-0.2, -0.15) is 0 Å². The quantitative estimate of drug-likeness (QED) is 0.703. The van der Waals surface area contributed by atoms with Crippen molar-refractivity contribution >= 4 is 22.3 Å². The van der Waals surface area contributed by atoms with Crippen LogP contribution >= 0.6 is 11.3 Å². The smallest absolute Gasteiger partial charge is 0.185 e. The van der Waals surface area contributed by atoms with Gasteiger partial charge in [0, 0.05) is 30.1 Å². The van der Waals surface area contributed by atoms with Crippen LogP contribution in [0.4, 0.5) is 5.13 Å². The average Bonchev–Trinajstić information content (AvgIpc) is 3.06. The van der Waals surface area contributed by atoms with E-state index in [4.69, 9.17) is 0 Å². The maximum absolute atomic E-state index is 11.3. The summed E-state index contributed by atoms with van der Waals surface area (Å²) in [6, 6.07) is 14.7. The van der Waals surface area contributed by atoms with E-state index in [1.807, 2.05) is 48.8 Å². The Morgan fingerprint density at radius 1 is 1.12 bits per heavy atom.